The van der Waals surface area contributed by atoms with E-state index in [1.807, 2.05) is 6.92 Å². The molecule has 2 amide bonds. The van der Waals surface area contributed by atoms with Gasteiger partial charge in [-0.15, -0.1) is 0 Å². The fourth-order valence-electron chi connectivity index (χ4n) is 3.08. The van der Waals surface area contributed by atoms with Crippen LogP contribution in [-0.2, 0) is 12.6 Å². The number of hydrogen-bond donors (Lipinski definition) is 3. The van der Waals surface area contributed by atoms with E-state index in [0.29, 0.717) is 29.0 Å². The molecule has 0 aliphatic carbocycles. The van der Waals surface area contributed by atoms with Gasteiger partial charge in [0.1, 0.15) is 0 Å². The molecule has 0 aliphatic rings. The first kappa shape index (κ1) is 24.7. The van der Waals surface area contributed by atoms with E-state index < -0.39 is 28.8 Å². The van der Waals surface area contributed by atoms with Crippen molar-refractivity contribution in [3.63, 3.8) is 0 Å². The Bertz CT molecular complexity index is 1250. The highest BCUT2D eigenvalue weighted by molar-refractivity contribution is 6.31. The van der Waals surface area contributed by atoms with Crippen molar-refractivity contribution in [1.82, 2.24) is 0 Å². The van der Waals surface area contributed by atoms with Gasteiger partial charge >= 0.3 is 18.2 Å². The molecule has 0 fully saturated rings. The molecular weight excluding hydrogens is 473 g/mol. The number of amides is 2. The average molecular weight is 491 g/mol. The van der Waals surface area contributed by atoms with Gasteiger partial charge in [-0.25, -0.2) is 9.59 Å². The highest BCUT2D eigenvalue weighted by Gasteiger charge is 2.33. The lowest BCUT2D eigenvalue weighted by atomic mass is 10.0. The topological polar surface area (TPSA) is 103 Å². The summed E-state index contributed by atoms with van der Waals surface area (Å²) in [6, 6.07) is 13.2. The van der Waals surface area contributed by atoms with Crippen molar-refractivity contribution >= 4 is 46.4 Å². The number of benzene rings is 3. The Morgan fingerprint density at radius 2 is 1.62 bits per heavy atom. The van der Waals surface area contributed by atoms with Gasteiger partial charge in [0.05, 0.1) is 27.5 Å². The van der Waals surface area contributed by atoms with Crippen LogP contribution in [-0.4, -0.2) is 17.1 Å². The molecule has 0 spiro atoms. The normalized spacial score (nSPS) is 11.4. The van der Waals surface area contributed by atoms with E-state index in [9.17, 15) is 27.9 Å². The summed E-state index contributed by atoms with van der Waals surface area (Å²) in [5.41, 5.74) is 0.837. The third kappa shape index (κ3) is 6.10. The summed E-state index contributed by atoms with van der Waals surface area (Å²) in [6.07, 6.45) is -4.19. The number of carboxylic acids is 1. The fourth-order valence-corrected chi connectivity index (χ4v) is 3.30. The summed E-state index contributed by atoms with van der Waals surface area (Å²) in [4.78, 5) is 23.5. The van der Waals surface area contributed by atoms with Crippen molar-refractivity contribution < 1.29 is 27.9 Å². The van der Waals surface area contributed by atoms with Crippen molar-refractivity contribution in [2.45, 2.75) is 19.5 Å². The molecule has 0 aromatic heterocycles. The molecule has 3 aromatic carbocycles. The summed E-state index contributed by atoms with van der Waals surface area (Å²) >= 11 is 5.57. The van der Waals surface area contributed by atoms with E-state index in [-0.39, 0.29) is 11.3 Å². The van der Waals surface area contributed by atoms with E-state index in [1.165, 1.54) is 24.3 Å². The highest BCUT2D eigenvalue weighted by Crippen LogP contribution is 2.36. The minimum atomic E-state index is -4.65. The van der Waals surface area contributed by atoms with Crippen LogP contribution in [0.1, 0.15) is 28.4 Å². The number of carboxylic acid groups (broad SMARTS) is 1. The molecule has 0 aliphatic heterocycles. The van der Waals surface area contributed by atoms with Gasteiger partial charge in [0.2, 0.25) is 0 Å². The summed E-state index contributed by atoms with van der Waals surface area (Å²) in [5, 5.41) is 21.9. The number of azo groups is 1. The number of aromatic carboxylic acids is 1. The minimum Gasteiger partial charge on any atom is -0.478 e. The zero-order chi connectivity index (χ0) is 24.9. The molecule has 0 saturated heterocycles. The predicted octanol–water partition coefficient (Wildman–Crippen LogP) is 7.68. The molecule has 0 saturated carbocycles. The molecular formula is C23H18ClF3N4O3. The van der Waals surface area contributed by atoms with Crippen molar-refractivity contribution in [2.24, 2.45) is 10.2 Å². The number of nitrogens with one attached hydrogen (secondary N) is 2. The summed E-state index contributed by atoms with van der Waals surface area (Å²) in [6.45, 7) is 1.82. The molecule has 0 unspecified atom stereocenters. The smallest absolute Gasteiger partial charge is 0.417 e. The Hall–Kier alpha value is -3.92. The average Bonchev–Trinajstić information content (AvgIpc) is 2.78. The first-order chi connectivity index (χ1) is 16.1. The van der Waals surface area contributed by atoms with Crippen LogP contribution in [0, 0.1) is 0 Å². The number of carbonyl (C=O) groups is 2. The maximum absolute atomic E-state index is 13.0. The number of alkyl halides is 3. The zero-order valence-electron chi connectivity index (χ0n) is 17.7. The molecule has 3 aromatic rings. The number of carbonyl (C=O) groups excluding carboxylic acids is 1. The largest absolute Gasteiger partial charge is 0.478 e. The van der Waals surface area contributed by atoms with E-state index in [1.54, 1.807) is 24.3 Å². The molecule has 0 bridgehead atoms. The molecule has 176 valence electrons. The number of anilines is 2. The molecule has 11 heteroatoms. The van der Waals surface area contributed by atoms with Crippen LogP contribution in [0.2, 0.25) is 5.02 Å². The van der Waals surface area contributed by atoms with E-state index in [4.69, 9.17) is 11.6 Å². The SMILES string of the molecule is CCc1c(N=Nc2ccc(NC(=O)Nc3ccc(Cl)c(C(F)(F)F)c3)cc2)cccc1C(=O)O. The molecule has 3 N–H and O–H groups in total. The van der Waals surface area contributed by atoms with Gasteiger partial charge in [-0.3, -0.25) is 0 Å². The lowest BCUT2D eigenvalue weighted by molar-refractivity contribution is -0.137. The molecule has 0 atom stereocenters. The standard InChI is InChI=1S/C23H18ClF3N4O3/c1-2-16-17(21(32)33)4-3-5-20(16)31-30-14-8-6-13(7-9-14)28-22(34)29-15-10-11-19(24)18(12-15)23(25,26)27/h3-12H,2H2,1H3,(H,32,33)(H2,28,29,34). The van der Waals surface area contributed by atoms with Crippen LogP contribution in [0.3, 0.4) is 0 Å². The van der Waals surface area contributed by atoms with Crippen molar-refractivity contribution in [2.75, 3.05) is 10.6 Å². The number of nitrogens with zero attached hydrogens (tertiary/aromatic N) is 2. The van der Waals surface area contributed by atoms with Crippen molar-refractivity contribution in [3.8, 4) is 0 Å². The monoisotopic (exact) mass is 490 g/mol. The number of hydrogen-bond acceptors (Lipinski definition) is 4. The number of halogens is 4. The summed E-state index contributed by atoms with van der Waals surface area (Å²) in [7, 11) is 0. The second-order valence-electron chi connectivity index (χ2n) is 6.98. The minimum absolute atomic E-state index is 0.0741. The molecule has 0 radical (unpaired) electrons. The Morgan fingerprint density at radius 1 is 0.971 bits per heavy atom. The van der Waals surface area contributed by atoms with Crippen LogP contribution in [0.5, 0.6) is 0 Å². The summed E-state index contributed by atoms with van der Waals surface area (Å²) in [5.74, 6) is -1.05. The van der Waals surface area contributed by atoms with E-state index in [0.717, 1.165) is 12.1 Å². The molecule has 0 heterocycles. The quantitative estimate of drug-likeness (QED) is 0.309. The van der Waals surface area contributed by atoms with Crippen LogP contribution in [0.15, 0.2) is 70.9 Å². The lowest BCUT2D eigenvalue weighted by Gasteiger charge is -2.12. The van der Waals surface area contributed by atoms with Gasteiger partial charge in [-0.2, -0.15) is 23.4 Å². The first-order valence-electron chi connectivity index (χ1n) is 9.90. The third-order valence-corrected chi connectivity index (χ3v) is 4.99. The van der Waals surface area contributed by atoms with Gasteiger partial charge in [0.25, 0.3) is 0 Å². The third-order valence-electron chi connectivity index (χ3n) is 4.66. The van der Waals surface area contributed by atoms with Crippen molar-refractivity contribution in [3.05, 3.63) is 82.4 Å². The lowest BCUT2D eigenvalue weighted by Crippen LogP contribution is -2.19. The molecule has 34 heavy (non-hydrogen) atoms. The Labute approximate surface area is 197 Å². The van der Waals surface area contributed by atoms with Crippen molar-refractivity contribution in [1.29, 1.82) is 0 Å². The predicted molar refractivity (Wildman–Crippen MR) is 122 cm³/mol. The second kappa shape index (κ2) is 10.3. The first-order valence-corrected chi connectivity index (χ1v) is 10.3. The second-order valence-corrected chi connectivity index (χ2v) is 7.39. The molecule has 3 rings (SSSR count). The van der Waals surface area contributed by atoms with Crippen LogP contribution < -0.4 is 10.6 Å². The Balaban J connectivity index is 1.67. The number of rotatable bonds is 6. The van der Waals surface area contributed by atoms with Crippen LogP contribution in [0.4, 0.5) is 40.7 Å². The van der Waals surface area contributed by atoms with Crippen LogP contribution >= 0.6 is 11.6 Å². The highest BCUT2D eigenvalue weighted by atomic mass is 35.5. The van der Waals surface area contributed by atoms with Gasteiger partial charge in [-0.1, -0.05) is 24.6 Å². The zero-order valence-corrected chi connectivity index (χ0v) is 18.4. The Morgan fingerprint density at radius 3 is 2.24 bits per heavy atom. The van der Waals surface area contributed by atoms with Gasteiger partial charge < -0.3 is 15.7 Å². The van der Waals surface area contributed by atoms with E-state index in [2.05, 4.69) is 20.9 Å². The van der Waals surface area contributed by atoms with Gasteiger partial charge in [0, 0.05) is 11.4 Å². The van der Waals surface area contributed by atoms with Crippen LogP contribution in [0.25, 0.3) is 0 Å². The van der Waals surface area contributed by atoms with E-state index >= 15 is 0 Å². The summed E-state index contributed by atoms with van der Waals surface area (Å²) < 4.78 is 38.9. The fraction of sp³-hybridized carbons (Fsp3) is 0.130. The molecule has 7 nitrogen and oxygen atoms in total. The maximum atomic E-state index is 13.0. The van der Waals surface area contributed by atoms with Gasteiger partial charge in [-0.05, 0) is 66.6 Å². The Kier molecular flexibility index (Phi) is 7.52. The van der Waals surface area contributed by atoms with Gasteiger partial charge in [0.15, 0.2) is 0 Å². The number of urea groups is 1. The maximum Gasteiger partial charge on any atom is 0.417 e.